The van der Waals surface area contributed by atoms with Crippen LogP contribution in [0.5, 0.6) is 11.5 Å². The lowest BCUT2D eigenvalue weighted by atomic mass is 10.1. The number of rotatable bonds is 6. The van der Waals surface area contributed by atoms with Gasteiger partial charge in [0.2, 0.25) is 0 Å². The van der Waals surface area contributed by atoms with Crippen LogP contribution in [0.2, 0.25) is 0 Å². The van der Waals surface area contributed by atoms with Crippen molar-refractivity contribution >= 4 is 17.4 Å². The second-order valence-corrected chi connectivity index (χ2v) is 3.73. The van der Waals surface area contributed by atoms with Gasteiger partial charge in [-0.2, -0.15) is 0 Å². The smallest absolute Gasteiger partial charge is 0.162 e. The Kier molecular flexibility index (Phi) is 5.12. The molecule has 0 spiro atoms. The summed E-state index contributed by atoms with van der Waals surface area (Å²) < 4.78 is 5.30. The third-order valence-corrected chi connectivity index (χ3v) is 2.40. The Labute approximate surface area is 100.0 Å². The lowest BCUT2D eigenvalue weighted by molar-refractivity contribution is 0.0987. The maximum Gasteiger partial charge on any atom is 0.162 e. The summed E-state index contributed by atoms with van der Waals surface area (Å²) in [5.41, 5.74) is 0.504. The van der Waals surface area contributed by atoms with Gasteiger partial charge >= 0.3 is 0 Å². The van der Waals surface area contributed by atoms with Gasteiger partial charge in [-0.25, -0.2) is 0 Å². The minimum absolute atomic E-state index is 0.00241. The Morgan fingerprint density at radius 3 is 2.81 bits per heavy atom. The molecule has 0 aliphatic rings. The Hall–Kier alpha value is -1.22. The summed E-state index contributed by atoms with van der Waals surface area (Å²) in [5.74, 6) is 0.905. The van der Waals surface area contributed by atoms with Crippen molar-refractivity contribution in [3.63, 3.8) is 0 Å². The SMILES string of the molecule is CCC(=O)c1ccc(OCCCCl)c(O)c1. The number of halogens is 1. The molecular formula is C12H15ClO3. The molecule has 0 saturated carbocycles. The van der Waals surface area contributed by atoms with Crippen LogP contribution in [-0.4, -0.2) is 23.4 Å². The van der Waals surface area contributed by atoms with Gasteiger partial charge in [-0.3, -0.25) is 4.79 Å². The van der Waals surface area contributed by atoms with E-state index in [1.807, 2.05) is 0 Å². The fraction of sp³-hybridized carbons (Fsp3) is 0.417. The van der Waals surface area contributed by atoms with E-state index in [9.17, 15) is 9.90 Å². The first-order chi connectivity index (χ1) is 7.69. The highest BCUT2D eigenvalue weighted by atomic mass is 35.5. The number of hydrogen-bond donors (Lipinski definition) is 1. The van der Waals surface area contributed by atoms with Gasteiger partial charge in [-0.1, -0.05) is 6.92 Å². The predicted molar refractivity (Wildman–Crippen MR) is 63.6 cm³/mol. The van der Waals surface area contributed by atoms with E-state index >= 15 is 0 Å². The van der Waals surface area contributed by atoms with Gasteiger partial charge in [0.25, 0.3) is 0 Å². The second kappa shape index (κ2) is 6.38. The molecule has 1 N–H and O–H groups in total. The summed E-state index contributed by atoms with van der Waals surface area (Å²) in [7, 11) is 0. The fourth-order valence-electron chi connectivity index (χ4n) is 1.25. The first kappa shape index (κ1) is 12.8. The van der Waals surface area contributed by atoms with Gasteiger partial charge in [0.15, 0.2) is 17.3 Å². The van der Waals surface area contributed by atoms with Crippen molar-refractivity contribution in [1.29, 1.82) is 0 Å². The van der Waals surface area contributed by atoms with Gasteiger partial charge < -0.3 is 9.84 Å². The number of alkyl halides is 1. The minimum atomic E-state index is -0.00567. The summed E-state index contributed by atoms with van der Waals surface area (Å²) >= 11 is 5.51. The molecule has 0 radical (unpaired) electrons. The number of carbonyl (C=O) groups excluding carboxylic acids is 1. The molecule has 0 aromatic heterocycles. The highest BCUT2D eigenvalue weighted by molar-refractivity contribution is 6.17. The second-order valence-electron chi connectivity index (χ2n) is 3.35. The molecule has 3 nitrogen and oxygen atoms in total. The molecule has 0 unspecified atom stereocenters. The quantitative estimate of drug-likeness (QED) is 0.474. The molecule has 1 aromatic rings. The van der Waals surface area contributed by atoms with E-state index in [1.54, 1.807) is 19.1 Å². The summed E-state index contributed by atoms with van der Waals surface area (Å²) in [6.07, 6.45) is 1.14. The van der Waals surface area contributed by atoms with Crippen molar-refractivity contribution in [3.8, 4) is 11.5 Å². The van der Waals surface area contributed by atoms with E-state index in [-0.39, 0.29) is 11.5 Å². The number of phenols is 1. The molecule has 0 saturated heterocycles. The molecule has 1 aromatic carbocycles. The third-order valence-electron chi connectivity index (χ3n) is 2.14. The Balaban J connectivity index is 2.71. The van der Waals surface area contributed by atoms with Crippen molar-refractivity contribution in [3.05, 3.63) is 23.8 Å². The largest absolute Gasteiger partial charge is 0.504 e. The van der Waals surface area contributed by atoms with Crippen LogP contribution in [-0.2, 0) is 0 Å². The standard InChI is InChI=1S/C12H15ClO3/c1-2-10(14)9-4-5-12(11(15)8-9)16-7-3-6-13/h4-5,8,15H,2-3,6-7H2,1H3. The highest BCUT2D eigenvalue weighted by Gasteiger charge is 2.08. The average molecular weight is 243 g/mol. The fourth-order valence-corrected chi connectivity index (χ4v) is 1.36. The molecule has 0 amide bonds. The van der Waals surface area contributed by atoms with Crippen LogP contribution < -0.4 is 4.74 Å². The molecule has 0 heterocycles. The molecule has 0 aliphatic heterocycles. The maximum atomic E-state index is 11.4. The third kappa shape index (κ3) is 3.42. The van der Waals surface area contributed by atoms with Gasteiger partial charge in [0, 0.05) is 17.9 Å². The maximum absolute atomic E-state index is 11.4. The van der Waals surface area contributed by atoms with Crippen LogP contribution >= 0.6 is 11.6 Å². The molecule has 0 atom stereocenters. The number of aromatic hydroxyl groups is 1. The van der Waals surface area contributed by atoms with Gasteiger partial charge in [0.05, 0.1) is 6.61 Å². The Morgan fingerprint density at radius 1 is 1.50 bits per heavy atom. The van der Waals surface area contributed by atoms with Crippen molar-refractivity contribution in [1.82, 2.24) is 0 Å². The summed E-state index contributed by atoms with van der Waals surface area (Å²) in [6.45, 7) is 2.24. The lowest BCUT2D eigenvalue weighted by Gasteiger charge is -2.08. The normalized spacial score (nSPS) is 10.1. The summed E-state index contributed by atoms with van der Waals surface area (Å²) in [4.78, 5) is 11.4. The van der Waals surface area contributed by atoms with E-state index in [0.29, 0.717) is 30.2 Å². The van der Waals surface area contributed by atoms with Crippen LogP contribution in [0, 0.1) is 0 Å². The number of Topliss-reactive ketones (excluding diaryl/α,β-unsaturated/α-hetero) is 1. The van der Waals surface area contributed by atoms with Crippen molar-refractivity contribution in [2.45, 2.75) is 19.8 Å². The number of ether oxygens (including phenoxy) is 1. The molecule has 4 heteroatoms. The minimum Gasteiger partial charge on any atom is -0.504 e. The zero-order valence-corrected chi connectivity index (χ0v) is 9.96. The zero-order chi connectivity index (χ0) is 12.0. The molecule has 0 fully saturated rings. The van der Waals surface area contributed by atoms with Crippen LogP contribution in [0.15, 0.2) is 18.2 Å². The molecule has 0 bridgehead atoms. The van der Waals surface area contributed by atoms with E-state index in [1.165, 1.54) is 6.07 Å². The number of phenolic OH excluding ortho intramolecular Hbond substituents is 1. The highest BCUT2D eigenvalue weighted by Crippen LogP contribution is 2.27. The molecule has 1 rings (SSSR count). The monoisotopic (exact) mass is 242 g/mol. The van der Waals surface area contributed by atoms with Gasteiger partial charge in [-0.15, -0.1) is 11.6 Å². The van der Waals surface area contributed by atoms with Crippen LogP contribution in [0.3, 0.4) is 0 Å². The van der Waals surface area contributed by atoms with Crippen molar-refractivity contribution < 1.29 is 14.6 Å². The molecule has 16 heavy (non-hydrogen) atoms. The molecule has 88 valence electrons. The molecule has 0 aliphatic carbocycles. The van der Waals surface area contributed by atoms with Gasteiger partial charge in [-0.05, 0) is 24.6 Å². The molecular weight excluding hydrogens is 228 g/mol. The van der Waals surface area contributed by atoms with E-state index in [0.717, 1.165) is 6.42 Å². The number of hydrogen-bond acceptors (Lipinski definition) is 3. The number of ketones is 1. The van der Waals surface area contributed by atoms with Gasteiger partial charge in [0.1, 0.15) is 0 Å². The van der Waals surface area contributed by atoms with Crippen LogP contribution in [0.25, 0.3) is 0 Å². The zero-order valence-electron chi connectivity index (χ0n) is 9.20. The first-order valence-electron chi connectivity index (χ1n) is 5.24. The Bertz CT molecular complexity index is 363. The first-order valence-corrected chi connectivity index (χ1v) is 5.77. The predicted octanol–water partition coefficient (Wildman–Crippen LogP) is 2.99. The van der Waals surface area contributed by atoms with E-state index < -0.39 is 0 Å². The van der Waals surface area contributed by atoms with Crippen molar-refractivity contribution in [2.75, 3.05) is 12.5 Å². The lowest BCUT2D eigenvalue weighted by Crippen LogP contribution is -2.00. The number of benzene rings is 1. The van der Waals surface area contributed by atoms with E-state index in [2.05, 4.69) is 0 Å². The average Bonchev–Trinajstić information content (AvgIpc) is 2.30. The Morgan fingerprint density at radius 2 is 2.25 bits per heavy atom. The summed E-state index contributed by atoms with van der Waals surface area (Å²) in [6, 6.07) is 4.69. The van der Waals surface area contributed by atoms with Crippen molar-refractivity contribution in [2.24, 2.45) is 0 Å². The summed E-state index contributed by atoms with van der Waals surface area (Å²) in [5, 5.41) is 9.62. The van der Waals surface area contributed by atoms with Crippen LogP contribution in [0.1, 0.15) is 30.1 Å². The van der Waals surface area contributed by atoms with Crippen LogP contribution in [0.4, 0.5) is 0 Å². The van der Waals surface area contributed by atoms with E-state index in [4.69, 9.17) is 16.3 Å². The number of carbonyl (C=O) groups is 1. The topological polar surface area (TPSA) is 46.5 Å².